The number of hydrogen-bond donors (Lipinski definition) is 3. The second-order valence-electron chi connectivity index (χ2n) is 4.06. The summed E-state index contributed by atoms with van der Waals surface area (Å²) in [6.45, 7) is 3.07. The second-order valence-corrected chi connectivity index (χ2v) is 4.06. The first-order valence-electron chi connectivity index (χ1n) is 4.69. The molecule has 2 atom stereocenters. The van der Waals surface area contributed by atoms with Crippen LogP contribution in [-0.2, 0) is 9.59 Å². The number of nitrogens with one attached hydrogen (secondary N) is 1. The van der Waals surface area contributed by atoms with E-state index in [0.717, 1.165) is 12.8 Å². The van der Waals surface area contributed by atoms with Crippen molar-refractivity contribution in [3.05, 3.63) is 0 Å². The van der Waals surface area contributed by atoms with Crippen molar-refractivity contribution in [1.82, 2.24) is 5.32 Å². The normalized spacial score (nSPS) is 22.2. The fraction of sp³-hybridized carbons (Fsp3) is 0.778. The van der Waals surface area contributed by atoms with E-state index in [1.807, 2.05) is 0 Å². The number of carboxylic acid groups (broad SMARTS) is 1. The third-order valence-corrected chi connectivity index (χ3v) is 2.63. The Morgan fingerprint density at radius 3 is 2.36 bits per heavy atom. The van der Waals surface area contributed by atoms with Crippen LogP contribution in [0.2, 0.25) is 0 Å². The molecule has 0 aromatic rings. The highest BCUT2D eigenvalue weighted by molar-refractivity contribution is 5.89. The maximum Gasteiger partial charge on any atom is 0.329 e. The highest BCUT2D eigenvalue weighted by Crippen LogP contribution is 2.39. The first kappa shape index (κ1) is 11.0. The monoisotopic (exact) mass is 200 g/mol. The summed E-state index contributed by atoms with van der Waals surface area (Å²) in [7, 11) is 0. The molecule has 5 nitrogen and oxygen atoms in total. The van der Waals surface area contributed by atoms with Crippen LogP contribution in [0.25, 0.3) is 0 Å². The van der Waals surface area contributed by atoms with Crippen LogP contribution in [-0.4, -0.2) is 28.6 Å². The van der Waals surface area contributed by atoms with Crippen LogP contribution >= 0.6 is 0 Å². The van der Waals surface area contributed by atoms with Gasteiger partial charge in [-0.1, -0.05) is 0 Å². The fourth-order valence-corrected chi connectivity index (χ4v) is 1.36. The van der Waals surface area contributed by atoms with E-state index in [0.29, 0.717) is 0 Å². The molecule has 1 saturated carbocycles. The number of aliphatic carboxylic acids is 1. The average Bonchev–Trinajstić information content (AvgIpc) is 2.85. The molecule has 1 amide bonds. The van der Waals surface area contributed by atoms with Gasteiger partial charge in [0.2, 0.25) is 5.91 Å². The van der Waals surface area contributed by atoms with E-state index < -0.39 is 23.5 Å². The van der Waals surface area contributed by atoms with Gasteiger partial charge in [0.25, 0.3) is 0 Å². The molecular formula is C9H16N2O3. The van der Waals surface area contributed by atoms with Crippen molar-refractivity contribution in [3.63, 3.8) is 0 Å². The first-order chi connectivity index (χ1) is 6.38. The van der Waals surface area contributed by atoms with Gasteiger partial charge in [-0.2, -0.15) is 0 Å². The van der Waals surface area contributed by atoms with Crippen molar-refractivity contribution in [2.24, 2.45) is 11.7 Å². The van der Waals surface area contributed by atoms with Gasteiger partial charge < -0.3 is 16.2 Å². The highest BCUT2D eigenvalue weighted by atomic mass is 16.4. The van der Waals surface area contributed by atoms with Crippen molar-refractivity contribution < 1.29 is 14.7 Å². The van der Waals surface area contributed by atoms with Crippen molar-refractivity contribution in [2.75, 3.05) is 0 Å². The molecule has 1 fully saturated rings. The van der Waals surface area contributed by atoms with Gasteiger partial charge in [-0.3, -0.25) is 4.79 Å². The Hall–Kier alpha value is -1.10. The Morgan fingerprint density at radius 2 is 2.07 bits per heavy atom. The quantitative estimate of drug-likeness (QED) is 0.581. The van der Waals surface area contributed by atoms with Gasteiger partial charge in [0.1, 0.15) is 5.54 Å². The summed E-state index contributed by atoms with van der Waals surface area (Å²) in [6, 6.07) is -0.674. The maximum atomic E-state index is 11.3. The van der Waals surface area contributed by atoms with Gasteiger partial charge >= 0.3 is 5.97 Å². The summed E-state index contributed by atoms with van der Waals surface area (Å²) < 4.78 is 0. The van der Waals surface area contributed by atoms with E-state index in [-0.39, 0.29) is 5.92 Å². The summed E-state index contributed by atoms with van der Waals surface area (Å²) in [5, 5.41) is 11.5. The Labute approximate surface area is 82.7 Å². The minimum Gasteiger partial charge on any atom is -0.480 e. The van der Waals surface area contributed by atoms with Gasteiger partial charge in [0.05, 0.1) is 6.04 Å². The summed E-state index contributed by atoms with van der Waals surface area (Å²) >= 11 is 0. The summed E-state index contributed by atoms with van der Waals surface area (Å²) in [5.74, 6) is -1.36. The molecule has 2 unspecified atom stereocenters. The number of hydrogen-bond acceptors (Lipinski definition) is 3. The molecule has 5 heteroatoms. The van der Waals surface area contributed by atoms with Crippen LogP contribution in [0.15, 0.2) is 0 Å². The van der Waals surface area contributed by atoms with E-state index in [4.69, 9.17) is 10.8 Å². The van der Waals surface area contributed by atoms with Crippen molar-refractivity contribution >= 4 is 11.9 Å². The predicted octanol–water partition coefficient (Wildman–Crippen LogP) is -0.297. The lowest BCUT2D eigenvalue weighted by Crippen LogP contribution is -2.57. The Balaban J connectivity index is 2.69. The zero-order chi connectivity index (χ0) is 10.9. The van der Waals surface area contributed by atoms with Crippen molar-refractivity contribution in [2.45, 2.75) is 38.3 Å². The minimum absolute atomic E-state index is 0.0442. The molecule has 1 aliphatic carbocycles. The predicted molar refractivity (Wildman–Crippen MR) is 50.6 cm³/mol. The molecule has 80 valence electrons. The molecule has 0 aromatic heterocycles. The third kappa shape index (κ3) is 2.04. The van der Waals surface area contributed by atoms with E-state index in [2.05, 4.69) is 5.32 Å². The van der Waals surface area contributed by atoms with Crippen LogP contribution in [0.5, 0.6) is 0 Å². The van der Waals surface area contributed by atoms with Gasteiger partial charge in [-0.15, -0.1) is 0 Å². The SMILES string of the molecule is CC(N)C(=O)NC(C)(C(=O)O)C1CC1. The number of carbonyl (C=O) groups excluding carboxylic acids is 1. The van der Waals surface area contributed by atoms with Crippen LogP contribution in [0, 0.1) is 5.92 Å². The molecule has 4 N–H and O–H groups in total. The lowest BCUT2D eigenvalue weighted by molar-refractivity contribution is -0.148. The largest absolute Gasteiger partial charge is 0.480 e. The lowest BCUT2D eigenvalue weighted by Gasteiger charge is -2.26. The molecule has 0 heterocycles. The fourth-order valence-electron chi connectivity index (χ4n) is 1.36. The van der Waals surface area contributed by atoms with Crippen molar-refractivity contribution in [1.29, 1.82) is 0 Å². The first-order valence-corrected chi connectivity index (χ1v) is 4.69. The van der Waals surface area contributed by atoms with Gasteiger partial charge in [0.15, 0.2) is 0 Å². The smallest absolute Gasteiger partial charge is 0.329 e. The molecule has 1 rings (SSSR count). The third-order valence-electron chi connectivity index (χ3n) is 2.63. The Kier molecular flexibility index (Phi) is 2.80. The van der Waals surface area contributed by atoms with Gasteiger partial charge in [-0.05, 0) is 32.6 Å². The van der Waals surface area contributed by atoms with Crippen LogP contribution in [0.1, 0.15) is 26.7 Å². The van der Waals surface area contributed by atoms with Crippen LogP contribution in [0.4, 0.5) is 0 Å². The van der Waals surface area contributed by atoms with Crippen LogP contribution < -0.4 is 11.1 Å². The molecular weight excluding hydrogens is 184 g/mol. The summed E-state index contributed by atoms with van der Waals surface area (Å²) in [6.07, 6.45) is 1.70. The van der Waals surface area contributed by atoms with E-state index in [1.54, 1.807) is 0 Å². The number of carboxylic acids is 1. The minimum atomic E-state index is -1.15. The molecule has 0 spiro atoms. The maximum absolute atomic E-state index is 11.3. The van der Waals surface area contributed by atoms with E-state index in [1.165, 1.54) is 13.8 Å². The standard InChI is InChI=1S/C9H16N2O3/c1-5(10)7(12)11-9(2,8(13)14)6-3-4-6/h5-6H,3-4,10H2,1-2H3,(H,11,12)(H,13,14). The zero-order valence-corrected chi connectivity index (χ0v) is 8.41. The van der Waals surface area contributed by atoms with Gasteiger partial charge in [0, 0.05) is 0 Å². The molecule has 14 heavy (non-hydrogen) atoms. The molecule has 1 aliphatic rings. The molecule has 0 saturated heterocycles. The summed E-state index contributed by atoms with van der Waals surface area (Å²) in [4.78, 5) is 22.3. The zero-order valence-electron chi connectivity index (χ0n) is 8.41. The number of nitrogens with two attached hydrogens (primary N) is 1. The molecule has 0 aromatic carbocycles. The summed E-state index contributed by atoms with van der Waals surface area (Å²) in [5.41, 5.74) is 4.21. The highest BCUT2D eigenvalue weighted by Gasteiger charge is 2.48. The lowest BCUT2D eigenvalue weighted by atomic mass is 9.95. The molecule has 0 aliphatic heterocycles. The van der Waals surface area contributed by atoms with Crippen molar-refractivity contribution in [3.8, 4) is 0 Å². The second kappa shape index (κ2) is 3.57. The van der Waals surface area contributed by atoms with E-state index >= 15 is 0 Å². The van der Waals surface area contributed by atoms with Crippen LogP contribution in [0.3, 0.4) is 0 Å². The van der Waals surface area contributed by atoms with E-state index in [9.17, 15) is 9.59 Å². The number of rotatable bonds is 4. The topological polar surface area (TPSA) is 92.4 Å². The Morgan fingerprint density at radius 1 is 1.57 bits per heavy atom. The average molecular weight is 200 g/mol. The number of carbonyl (C=O) groups is 2. The van der Waals surface area contributed by atoms with Gasteiger partial charge in [-0.25, -0.2) is 4.79 Å². The molecule has 0 bridgehead atoms. The Bertz CT molecular complexity index is 261. The molecule has 0 radical (unpaired) electrons. The number of amides is 1.